The number of ketones is 1. The van der Waals surface area contributed by atoms with Crippen LogP contribution in [0, 0.1) is 5.41 Å². The Bertz CT molecular complexity index is 1190. The summed E-state index contributed by atoms with van der Waals surface area (Å²) in [7, 11) is 1.53. The van der Waals surface area contributed by atoms with Crippen molar-refractivity contribution in [3.8, 4) is 11.5 Å². The zero-order valence-corrected chi connectivity index (χ0v) is 22.8. The fraction of sp³-hybridized carbons (Fsp3) is 0.385. The second kappa shape index (κ2) is 11.6. The molecule has 0 radical (unpaired) electrons. The van der Waals surface area contributed by atoms with E-state index >= 15 is 0 Å². The highest BCUT2D eigenvalue weighted by atomic mass is 79.9. The molecule has 1 heterocycles. The molecule has 2 aromatic carbocycles. The van der Waals surface area contributed by atoms with Gasteiger partial charge < -0.3 is 24.8 Å². The van der Waals surface area contributed by atoms with E-state index in [0.29, 0.717) is 41.3 Å². The molecule has 10 heteroatoms. The average molecular weight is 562 g/mol. The third kappa shape index (κ3) is 6.23. The minimum atomic E-state index is -1.08. The molecule has 36 heavy (non-hydrogen) atoms. The predicted octanol–water partition coefficient (Wildman–Crippen LogP) is 3.81. The van der Waals surface area contributed by atoms with E-state index in [1.165, 1.54) is 7.05 Å². The van der Waals surface area contributed by atoms with Crippen molar-refractivity contribution in [2.75, 3.05) is 26.8 Å². The first-order valence-electron chi connectivity index (χ1n) is 11.3. The summed E-state index contributed by atoms with van der Waals surface area (Å²) in [6.45, 7) is 7.94. The van der Waals surface area contributed by atoms with Crippen molar-refractivity contribution < 1.29 is 29.0 Å². The number of hydrogen-bond donors (Lipinski definition) is 3. The van der Waals surface area contributed by atoms with Gasteiger partial charge in [-0.2, -0.15) is 0 Å². The van der Waals surface area contributed by atoms with Crippen LogP contribution in [0.25, 0.3) is 0 Å². The zero-order chi connectivity index (χ0) is 25.9. The molecule has 0 aromatic heterocycles. The number of carbonyl (C=O) groups excluding carboxylic acids is 2. The third-order valence-electron chi connectivity index (χ3n) is 5.70. The maximum Gasteiger partial charge on any atom is 0.341 e. The van der Waals surface area contributed by atoms with E-state index in [-0.39, 0.29) is 46.5 Å². The Balaban J connectivity index is 0.00000456. The number of aliphatic carboxylic acids is 1. The molecule has 1 aliphatic heterocycles. The van der Waals surface area contributed by atoms with Crippen molar-refractivity contribution in [1.29, 1.82) is 5.41 Å². The monoisotopic (exact) mass is 561 g/mol. The van der Waals surface area contributed by atoms with Gasteiger partial charge in [-0.05, 0) is 48.2 Å². The summed E-state index contributed by atoms with van der Waals surface area (Å²) in [6, 6.07) is 8.35. The Morgan fingerprint density at radius 2 is 1.81 bits per heavy atom. The van der Waals surface area contributed by atoms with Crippen LogP contribution in [0.5, 0.6) is 11.5 Å². The van der Waals surface area contributed by atoms with Gasteiger partial charge in [0.15, 0.2) is 12.4 Å². The number of amides is 1. The minimum absolute atomic E-state index is 0. The molecule has 0 spiro atoms. The van der Waals surface area contributed by atoms with Gasteiger partial charge >= 0.3 is 5.97 Å². The summed E-state index contributed by atoms with van der Waals surface area (Å²) in [5.74, 6) is -0.544. The van der Waals surface area contributed by atoms with E-state index < -0.39 is 12.6 Å². The summed E-state index contributed by atoms with van der Waals surface area (Å²) in [5.41, 5.74) is 2.53. The molecule has 3 rings (SSSR count). The lowest BCUT2D eigenvalue weighted by molar-refractivity contribution is -0.139. The van der Waals surface area contributed by atoms with Gasteiger partial charge in [-0.3, -0.25) is 15.0 Å². The second-order valence-corrected chi connectivity index (χ2v) is 9.29. The molecule has 0 unspecified atom stereocenters. The number of nitrogens with zero attached hydrogens (tertiary/aromatic N) is 1. The Labute approximate surface area is 221 Å². The SMILES string of the molecule is Br.CCOc1cc2c(cc1C(=O)NC)C(=N)N(CC(=O)c1ccc(OCC(=O)O)c(C(C)(C)C)c1)C2. The van der Waals surface area contributed by atoms with Gasteiger partial charge in [-0.25, -0.2) is 4.79 Å². The molecular weight excluding hydrogens is 530 g/mol. The number of fused-ring (bicyclic) bond motifs is 1. The molecular formula is C26H32BrN3O6. The van der Waals surface area contributed by atoms with Gasteiger partial charge in [0, 0.05) is 30.3 Å². The number of hydrogen-bond acceptors (Lipinski definition) is 6. The highest BCUT2D eigenvalue weighted by Gasteiger charge is 2.30. The molecule has 1 amide bonds. The van der Waals surface area contributed by atoms with Crippen molar-refractivity contribution >= 4 is 40.5 Å². The third-order valence-corrected chi connectivity index (χ3v) is 5.70. The van der Waals surface area contributed by atoms with E-state index in [0.717, 1.165) is 11.1 Å². The Kier molecular flexibility index (Phi) is 9.26. The highest BCUT2D eigenvalue weighted by Crippen LogP contribution is 2.33. The topological polar surface area (TPSA) is 129 Å². The van der Waals surface area contributed by atoms with Gasteiger partial charge in [0.25, 0.3) is 5.91 Å². The van der Waals surface area contributed by atoms with Crippen LogP contribution < -0.4 is 14.8 Å². The van der Waals surface area contributed by atoms with Crippen molar-refractivity contribution in [2.24, 2.45) is 0 Å². The Morgan fingerprint density at radius 1 is 1.11 bits per heavy atom. The number of rotatable bonds is 9. The standard InChI is InChI=1S/C26H31N3O6.BrH/c1-6-34-22-10-16-12-29(24(27)17(16)11-18(22)25(33)28-5)13-20(30)15-7-8-21(35-14-23(31)32)19(9-15)26(2,3)4;/h7-11,27H,6,12-14H2,1-5H3,(H,28,33)(H,31,32);1H. The maximum absolute atomic E-state index is 13.2. The van der Waals surface area contributed by atoms with Crippen molar-refractivity contribution in [1.82, 2.24) is 10.2 Å². The summed E-state index contributed by atoms with van der Waals surface area (Å²) in [5, 5.41) is 20.1. The lowest BCUT2D eigenvalue weighted by Gasteiger charge is -2.24. The van der Waals surface area contributed by atoms with Crippen molar-refractivity contribution in [3.05, 3.63) is 58.1 Å². The molecule has 0 aliphatic carbocycles. The summed E-state index contributed by atoms with van der Waals surface area (Å²) in [6.07, 6.45) is 0. The molecule has 3 N–H and O–H groups in total. The van der Waals surface area contributed by atoms with Gasteiger partial charge in [-0.15, -0.1) is 17.0 Å². The number of halogens is 1. The molecule has 194 valence electrons. The number of carbonyl (C=O) groups is 3. The van der Waals surface area contributed by atoms with E-state index in [2.05, 4.69) is 5.32 Å². The fourth-order valence-corrected chi connectivity index (χ4v) is 3.97. The number of carboxylic acid groups (broad SMARTS) is 1. The number of ether oxygens (including phenoxy) is 2. The normalized spacial score (nSPS) is 12.5. The van der Waals surface area contributed by atoms with E-state index in [9.17, 15) is 14.4 Å². The van der Waals surface area contributed by atoms with Gasteiger partial charge in [-0.1, -0.05) is 20.8 Å². The average Bonchev–Trinajstić information content (AvgIpc) is 3.10. The van der Waals surface area contributed by atoms with E-state index in [1.54, 1.807) is 35.2 Å². The van der Waals surface area contributed by atoms with Crippen LogP contribution in [-0.4, -0.2) is 60.3 Å². The van der Waals surface area contributed by atoms with Crippen LogP contribution in [-0.2, 0) is 16.8 Å². The van der Waals surface area contributed by atoms with Crippen LogP contribution >= 0.6 is 17.0 Å². The lowest BCUT2D eigenvalue weighted by atomic mass is 9.85. The molecule has 0 fully saturated rings. The van der Waals surface area contributed by atoms with Crippen molar-refractivity contribution in [2.45, 2.75) is 39.7 Å². The molecule has 0 saturated heterocycles. The van der Waals surface area contributed by atoms with E-state index in [4.69, 9.17) is 20.0 Å². The van der Waals surface area contributed by atoms with Crippen LogP contribution in [0.3, 0.4) is 0 Å². The van der Waals surface area contributed by atoms with Crippen LogP contribution in [0.15, 0.2) is 30.3 Å². The predicted molar refractivity (Wildman–Crippen MR) is 141 cm³/mol. The number of Topliss-reactive ketones (excluding diaryl/α,β-unsaturated/α-hetero) is 1. The summed E-state index contributed by atoms with van der Waals surface area (Å²) < 4.78 is 11.1. The largest absolute Gasteiger partial charge is 0.493 e. The van der Waals surface area contributed by atoms with E-state index in [1.807, 2.05) is 27.7 Å². The number of nitrogens with one attached hydrogen (secondary N) is 2. The smallest absolute Gasteiger partial charge is 0.341 e. The molecule has 0 bridgehead atoms. The molecule has 2 aromatic rings. The molecule has 1 aliphatic rings. The number of amidine groups is 1. The lowest BCUT2D eigenvalue weighted by Crippen LogP contribution is -2.30. The maximum atomic E-state index is 13.2. The summed E-state index contributed by atoms with van der Waals surface area (Å²) >= 11 is 0. The Hall–Kier alpha value is -3.40. The number of benzene rings is 2. The first-order chi connectivity index (χ1) is 16.5. The van der Waals surface area contributed by atoms with Crippen LogP contribution in [0.4, 0.5) is 0 Å². The van der Waals surface area contributed by atoms with Gasteiger partial charge in [0.1, 0.15) is 17.3 Å². The van der Waals surface area contributed by atoms with Crippen molar-refractivity contribution in [3.63, 3.8) is 0 Å². The summed E-state index contributed by atoms with van der Waals surface area (Å²) in [4.78, 5) is 38.1. The minimum Gasteiger partial charge on any atom is -0.493 e. The highest BCUT2D eigenvalue weighted by molar-refractivity contribution is 8.93. The number of carboxylic acids is 1. The molecule has 0 saturated carbocycles. The fourth-order valence-electron chi connectivity index (χ4n) is 3.97. The zero-order valence-electron chi connectivity index (χ0n) is 21.1. The molecule has 9 nitrogen and oxygen atoms in total. The first kappa shape index (κ1) is 28.8. The first-order valence-corrected chi connectivity index (χ1v) is 11.3. The van der Waals surface area contributed by atoms with Crippen LogP contribution in [0.1, 0.15) is 65.1 Å². The quantitative estimate of drug-likeness (QED) is 0.397. The van der Waals surface area contributed by atoms with Crippen LogP contribution in [0.2, 0.25) is 0 Å². The van der Waals surface area contributed by atoms with Gasteiger partial charge in [0.2, 0.25) is 0 Å². The van der Waals surface area contributed by atoms with Gasteiger partial charge in [0.05, 0.1) is 18.7 Å². The Morgan fingerprint density at radius 3 is 2.39 bits per heavy atom. The molecule has 0 atom stereocenters. The second-order valence-electron chi connectivity index (χ2n) is 9.29.